The Hall–Kier alpha value is -3.01. The van der Waals surface area contributed by atoms with Gasteiger partial charge in [-0.1, -0.05) is 18.2 Å². The molecule has 2 aromatic rings. The molecule has 0 saturated carbocycles. The van der Waals surface area contributed by atoms with Crippen LogP contribution in [0.5, 0.6) is 0 Å². The van der Waals surface area contributed by atoms with E-state index < -0.39 is 11.2 Å². The molecular formula is C19H23N5O2. The van der Waals surface area contributed by atoms with Crippen LogP contribution in [0.3, 0.4) is 0 Å². The van der Waals surface area contributed by atoms with Crippen molar-refractivity contribution in [3.05, 3.63) is 56.2 Å². The molecule has 0 saturated heterocycles. The minimum absolute atomic E-state index is 0.0401. The van der Waals surface area contributed by atoms with E-state index in [0.717, 1.165) is 17.4 Å². The van der Waals surface area contributed by atoms with Gasteiger partial charge in [0.1, 0.15) is 11.9 Å². The fraction of sp³-hybridized carbons (Fsp3) is 0.421. The molecule has 7 nitrogen and oxygen atoms in total. The Labute approximate surface area is 152 Å². The number of rotatable bonds is 4. The van der Waals surface area contributed by atoms with Crippen molar-refractivity contribution in [3.63, 3.8) is 0 Å². The minimum atomic E-state index is -0.574. The van der Waals surface area contributed by atoms with E-state index in [-0.39, 0.29) is 11.4 Å². The van der Waals surface area contributed by atoms with E-state index in [1.54, 1.807) is 7.05 Å². The Bertz CT molecular complexity index is 983. The molecular weight excluding hydrogens is 330 g/mol. The van der Waals surface area contributed by atoms with Crippen molar-refractivity contribution >= 4 is 11.5 Å². The quantitative estimate of drug-likeness (QED) is 0.893. The second-order valence-corrected chi connectivity index (χ2v) is 6.68. The Morgan fingerprint density at radius 1 is 1.23 bits per heavy atom. The number of para-hydroxylation sites is 1. The first kappa shape index (κ1) is 17.8. The zero-order chi connectivity index (χ0) is 18.8. The summed E-state index contributed by atoms with van der Waals surface area (Å²) in [6, 6.07) is 10.7. The number of nitrogens with zero attached hydrogens (tertiary/aromatic N) is 4. The first-order valence-corrected chi connectivity index (χ1v) is 8.74. The molecule has 0 aliphatic carbocycles. The molecule has 26 heavy (non-hydrogen) atoms. The van der Waals surface area contributed by atoms with Gasteiger partial charge in [0, 0.05) is 38.9 Å². The van der Waals surface area contributed by atoms with Gasteiger partial charge >= 0.3 is 5.69 Å². The van der Waals surface area contributed by atoms with Gasteiger partial charge in [0.2, 0.25) is 0 Å². The fourth-order valence-electron chi connectivity index (χ4n) is 3.55. The fourth-order valence-corrected chi connectivity index (χ4v) is 3.55. The van der Waals surface area contributed by atoms with Crippen LogP contribution in [0.2, 0.25) is 0 Å². The molecule has 3 rings (SSSR count). The molecule has 0 fully saturated rings. The molecule has 7 heteroatoms. The lowest BCUT2D eigenvalue weighted by atomic mass is 9.97. The molecule has 1 unspecified atom stereocenters. The molecule has 1 N–H and O–H groups in total. The molecule has 0 spiro atoms. The van der Waals surface area contributed by atoms with Gasteiger partial charge in [0.15, 0.2) is 5.56 Å². The average Bonchev–Trinajstić information content (AvgIpc) is 2.65. The van der Waals surface area contributed by atoms with Gasteiger partial charge in [-0.15, -0.1) is 0 Å². The molecule has 0 bridgehead atoms. The zero-order valence-corrected chi connectivity index (χ0v) is 15.3. The molecule has 1 aliphatic rings. The number of benzene rings is 1. The third-order valence-corrected chi connectivity index (χ3v) is 5.09. The Balaban J connectivity index is 1.83. The maximum Gasteiger partial charge on any atom is 0.332 e. The SMILES string of the molecule is CC1CCc2ccccc2N1CCNc1c(C#N)c(=O)n(C)c(=O)n1C. The predicted molar refractivity (Wildman–Crippen MR) is 102 cm³/mol. The Morgan fingerprint density at radius 2 is 1.96 bits per heavy atom. The van der Waals surface area contributed by atoms with Crippen LogP contribution in [0, 0.1) is 11.3 Å². The summed E-state index contributed by atoms with van der Waals surface area (Å²) in [5, 5.41) is 12.5. The van der Waals surface area contributed by atoms with E-state index in [1.807, 2.05) is 12.1 Å². The van der Waals surface area contributed by atoms with Crippen molar-refractivity contribution in [2.45, 2.75) is 25.8 Å². The lowest BCUT2D eigenvalue weighted by Crippen LogP contribution is -2.42. The van der Waals surface area contributed by atoms with Gasteiger partial charge in [-0.25, -0.2) is 4.79 Å². The summed E-state index contributed by atoms with van der Waals surface area (Å²) in [7, 11) is 2.94. The van der Waals surface area contributed by atoms with Crippen molar-refractivity contribution in [2.75, 3.05) is 23.3 Å². The third-order valence-electron chi connectivity index (χ3n) is 5.09. The van der Waals surface area contributed by atoms with Crippen LogP contribution in [-0.4, -0.2) is 28.3 Å². The Morgan fingerprint density at radius 3 is 2.69 bits per heavy atom. The van der Waals surface area contributed by atoms with E-state index in [1.165, 1.54) is 22.9 Å². The van der Waals surface area contributed by atoms with Crippen LogP contribution in [0.4, 0.5) is 11.5 Å². The molecule has 1 atom stereocenters. The third kappa shape index (κ3) is 2.99. The summed E-state index contributed by atoms with van der Waals surface area (Å²) in [5.74, 6) is 0.276. The van der Waals surface area contributed by atoms with E-state index in [0.29, 0.717) is 19.1 Å². The van der Waals surface area contributed by atoms with Crippen molar-refractivity contribution in [3.8, 4) is 6.07 Å². The monoisotopic (exact) mass is 353 g/mol. The second-order valence-electron chi connectivity index (χ2n) is 6.68. The summed E-state index contributed by atoms with van der Waals surface area (Å²) in [4.78, 5) is 26.6. The maximum absolute atomic E-state index is 12.2. The van der Waals surface area contributed by atoms with Gasteiger partial charge in [-0.3, -0.25) is 13.9 Å². The summed E-state index contributed by atoms with van der Waals surface area (Å²) in [6.45, 7) is 3.44. The predicted octanol–water partition coefficient (Wildman–Crippen LogP) is 1.21. The number of hydrogen-bond donors (Lipinski definition) is 1. The molecule has 0 amide bonds. The van der Waals surface area contributed by atoms with Crippen LogP contribution < -0.4 is 21.5 Å². The second kappa shape index (κ2) is 7.08. The lowest BCUT2D eigenvalue weighted by Gasteiger charge is -2.37. The number of aromatic nitrogens is 2. The zero-order valence-electron chi connectivity index (χ0n) is 15.3. The summed E-state index contributed by atoms with van der Waals surface area (Å²) in [6.07, 6.45) is 2.16. The normalized spacial score (nSPS) is 16.1. The molecule has 1 aliphatic heterocycles. The highest BCUT2D eigenvalue weighted by atomic mass is 16.2. The highest BCUT2D eigenvalue weighted by molar-refractivity contribution is 5.57. The standard InChI is InChI=1S/C19H23N5O2/c1-13-8-9-14-6-4-5-7-16(14)24(13)11-10-21-17-15(12-20)18(25)23(3)19(26)22(17)2/h4-7,13,21H,8-11H2,1-3H3. The van der Waals surface area contributed by atoms with Crippen molar-refractivity contribution in [1.29, 1.82) is 5.26 Å². The van der Waals surface area contributed by atoms with Gasteiger partial charge in [-0.2, -0.15) is 5.26 Å². The molecule has 136 valence electrons. The summed E-state index contributed by atoms with van der Waals surface area (Å²) < 4.78 is 2.26. The van der Waals surface area contributed by atoms with Crippen LogP contribution in [0.15, 0.2) is 33.9 Å². The smallest absolute Gasteiger partial charge is 0.332 e. The topological polar surface area (TPSA) is 83.1 Å². The summed E-state index contributed by atoms with van der Waals surface area (Å²) in [5.41, 5.74) is 1.50. The van der Waals surface area contributed by atoms with E-state index in [4.69, 9.17) is 0 Å². The van der Waals surface area contributed by atoms with Gasteiger partial charge in [0.25, 0.3) is 5.56 Å². The number of anilines is 2. The molecule has 1 aromatic carbocycles. The van der Waals surface area contributed by atoms with Crippen molar-refractivity contribution < 1.29 is 0 Å². The van der Waals surface area contributed by atoms with E-state index >= 15 is 0 Å². The Kier molecular flexibility index (Phi) is 4.85. The lowest BCUT2D eigenvalue weighted by molar-refractivity contribution is 0.567. The number of nitriles is 1. The molecule has 0 radical (unpaired) electrons. The number of aryl methyl sites for hydroxylation is 1. The molecule has 2 heterocycles. The van der Waals surface area contributed by atoms with Gasteiger partial charge in [0.05, 0.1) is 0 Å². The number of nitrogens with one attached hydrogen (secondary N) is 1. The first-order chi connectivity index (χ1) is 12.5. The van der Waals surface area contributed by atoms with Crippen LogP contribution >= 0.6 is 0 Å². The van der Waals surface area contributed by atoms with E-state index in [9.17, 15) is 14.9 Å². The molecule has 1 aromatic heterocycles. The van der Waals surface area contributed by atoms with Gasteiger partial charge in [-0.05, 0) is 31.4 Å². The highest BCUT2D eigenvalue weighted by Gasteiger charge is 2.22. The summed E-state index contributed by atoms with van der Waals surface area (Å²) >= 11 is 0. The number of fused-ring (bicyclic) bond motifs is 1. The van der Waals surface area contributed by atoms with Gasteiger partial charge < -0.3 is 10.2 Å². The number of hydrogen-bond acceptors (Lipinski definition) is 5. The first-order valence-electron chi connectivity index (χ1n) is 8.74. The maximum atomic E-state index is 12.2. The highest BCUT2D eigenvalue weighted by Crippen LogP contribution is 2.29. The van der Waals surface area contributed by atoms with Crippen LogP contribution in [-0.2, 0) is 20.5 Å². The van der Waals surface area contributed by atoms with Crippen LogP contribution in [0.25, 0.3) is 0 Å². The van der Waals surface area contributed by atoms with Crippen molar-refractivity contribution in [2.24, 2.45) is 14.1 Å². The average molecular weight is 353 g/mol. The minimum Gasteiger partial charge on any atom is -0.368 e. The van der Waals surface area contributed by atoms with Crippen molar-refractivity contribution in [1.82, 2.24) is 9.13 Å². The van der Waals surface area contributed by atoms with E-state index in [2.05, 4.69) is 35.3 Å². The largest absolute Gasteiger partial charge is 0.368 e. The van der Waals surface area contributed by atoms with Crippen LogP contribution in [0.1, 0.15) is 24.5 Å².